The van der Waals surface area contributed by atoms with Gasteiger partial charge in [-0.1, -0.05) is 0 Å². The molecular formula is C13H19N3O2S. The number of aliphatic hydroxyl groups is 1. The predicted molar refractivity (Wildman–Crippen MR) is 75.5 cm³/mol. The molecule has 0 spiro atoms. The summed E-state index contributed by atoms with van der Waals surface area (Å²) in [5.41, 5.74) is 0. The van der Waals surface area contributed by atoms with Gasteiger partial charge in [-0.15, -0.1) is 11.3 Å². The maximum Gasteiger partial charge on any atom is 0.239 e. The average molecular weight is 281 g/mol. The Labute approximate surface area is 116 Å². The number of nitrogens with one attached hydrogen (secondary N) is 1. The Balaban J connectivity index is 1.54. The molecule has 1 aromatic rings. The molecule has 1 aromatic heterocycles. The van der Waals surface area contributed by atoms with E-state index in [0.29, 0.717) is 13.0 Å². The number of carbonyl (C=O) groups is 1. The molecule has 0 aromatic carbocycles. The molecule has 2 aliphatic rings. The lowest BCUT2D eigenvalue weighted by atomic mass is 10.1. The number of nitrogens with zero attached hydrogens (tertiary/aromatic N) is 2. The third-order valence-corrected chi connectivity index (χ3v) is 4.74. The van der Waals surface area contributed by atoms with Crippen LogP contribution in [0.5, 0.6) is 0 Å². The van der Waals surface area contributed by atoms with Gasteiger partial charge < -0.3 is 20.2 Å². The van der Waals surface area contributed by atoms with Crippen LogP contribution in [0.1, 0.15) is 6.42 Å². The van der Waals surface area contributed by atoms with E-state index >= 15 is 0 Å². The lowest BCUT2D eigenvalue weighted by Gasteiger charge is -2.36. The fraction of sp³-hybridized carbons (Fsp3) is 0.615. The number of hydrogen-bond acceptors (Lipinski definition) is 5. The van der Waals surface area contributed by atoms with Crippen LogP contribution in [0, 0.1) is 0 Å². The lowest BCUT2D eigenvalue weighted by Crippen LogP contribution is -2.53. The number of anilines is 1. The van der Waals surface area contributed by atoms with E-state index in [2.05, 4.69) is 27.7 Å². The second-order valence-electron chi connectivity index (χ2n) is 5.11. The standard InChI is InChI=1S/C13H19N3O2S/c17-10-8-11(14-9-10)13(18)16-5-3-15(4-6-16)12-2-1-7-19-12/h1-2,7,10-11,14,17H,3-6,8-9H2. The van der Waals surface area contributed by atoms with Crippen molar-refractivity contribution >= 4 is 22.2 Å². The summed E-state index contributed by atoms with van der Waals surface area (Å²) < 4.78 is 0. The molecule has 19 heavy (non-hydrogen) atoms. The molecule has 104 valence electrons. The second-order valence-corrected chi connectivity index (χ2v) is 6.04. The van der Waals surface area contributed by atoms with Crippen molar-refractivity contribution in [1.29, 1.82) is 0 Å². The van der Waals surface area contributed by atoms with E-state index in [1.54, 1.807) is 11.3 Å². The summed E-state index contributed by atoms with van der Waals surface area (Å²) in [6.07, 6.45) is 0.172. The number of carbonyl (C=O) groups excluding carboxylic acids is 1. The van der Waals surface area contributed by atoms with Gasteiger partial charge in [0.2, 0.25) is 5.91 Å². The van der Waals surface area contributed by atoms with Gasteiger partial charge in [-0.25, -0.2) is 0 Å². The van der Waals surface area contributed by atoms with E-state index in [1.807, 2.05) is 4.90 Å². The van der Waals surface area contributed by atoms with E-state index in [4.69, 9.17) is 0 Å². The highest BCUT2D eigenvalue weighted by atomic mass is 32.1. The maximum atomic E-state index is 12.3. The van der Waals surface area contributed by atoms with Gasteiger partial charge in [0.05, 0.1) is 17.1 Å². The maximum absolute atomic E-state index is 12.3. The molecule has 3 rings (SSSR count). The molecule has 2 aliphatic heterocycles. The number of aliphatic hydroxyl groups excluding tert-OH is 1. The Morgan fingerprint density at radius 2 is 2.16 bits per heavy atom. The van der Waals surface area contributed by atoms with Crippen molar-refractivity contribution in [2.75, 3.05) is 37.6 Å². The van der Waals surface area contributed by atoms with Crippen LogP contribution in [-0.4, -0.2) is 60.8 Å². The number of thiophene rings is 1. The zero-order chi connectivity index (χ0) is 13.2. The quantitative estimate of drug-likeness (QED) is 0.808. The first-order valence-electron chi connectivity index (χ1n) is 6.73. The molecule has 0 aliphatic carbocycles. The minimum Gasteiger partial charge on any atom is -0.392 e. The van der Waals surface area contributed by atoms with Gasteiger partial charge in [0.25, 0.3) is 0 Å². The first-order chi connectivity index (χ1) is 9.24. The molecule has 0 saturated carbocycles. The van der Waals surface area contributed by atoms with Crippen LogP contribution in [0.2, 0.25) is 0 Å². The van der Waals surface area contributed by atoms with Crippen LogP contribution in [0.25, 0.3) is 0 Å². The normalized spacial score (nSPS) is 27.8. The van der Waals surface area contributed by atoms with Gasteiger partial charge in [-0.05, 0) is 23.9 Å². The van der Waals surface area contributed by atoms with Crippen molar-refractivity contribution < 1.29 is 9.90 Å². The molecule has 0 radical (unpaired) electrons. The van der Waals surface area contributed by atoms with Crippen LogP contribution in [0.3, 0.4) is 0 Å². The highest BCUT2D eigenvalue weighted by Gasteiger charge is 2.32. The average Bonchev–Trinajstić information content (AvgIpc) is 3.09. The third kappa shape index (κ3) is 2.75. The largest absolute Gasteiger partial charge is 0.392 e. The van der Waals surface area contributed by atoms with Crippen LogP contribution in [0.4, 0.5) is 5.00 Å². The first-order valence-corrected chi connectivity index (χ1v) is 7.60. The molecule has 2 N–H and O–H groups in total. The van der Waals surface area contributed by atoms with E-state index in [0.717, 1.165) is 26.2 Å². The van der Waals surface area contributed by atoms with Crippen LogP contribution < -0.4 is 10.2 Å². The van der Waals surface area contributed by atoms with E-state index < -0.39 is 0 Å². The van der Waals surface area contributed by atoms with Crippen molar-refractivity contribution in [3.05, 3.63) is 17.5 Å². The molecule has 2 fully saturated rings. The molecule has 1 amide bonds. The van der Waals surface area contributed by atoms with E-state index in [1.165, 1.54) is 5.00 Å². The smallest absolute Gasteiger partial charge is 0.239 e. The monoisotopic (exact) mass is 281 g/mol. The van der Waals surface area contributed by atoms with Crippen LogP contribution in [-0.2, 0) is 4.79 Å². The Kier molecular flexibility index (Phi) is 3.72. The van der Waals surface area contributed by atoms with Crippen molar-refractivity contribution in [3.8, 4) is 0 Å². The summed E-state index contributed by atoms with van der Waals surface area (Å²) in [5.74, 6) is 0.141. The van der Waals surface area contributed by atoms with Crippen molar-refractivity contribution in [2.45, 2.75) is 18.6 Å². The highest BCUT2D eigenvalue weighted by Crippen LogP contribution is 2.22. The van der Waals surface area contributed by atoms with E-state index in [-0.39, 0.29) is 18.1 Å². The zero-order valence-corrected chi connectivity index (χ0v) is 11.6. The number of β-amino-alcohol motifs (C(OH)–C–C–N with tert-alkyl or cyclic N) is 1. The molecule has 3 heterocycles. The predicted octanol–water partition coefficient (Wildman–Crippen LogP) is 0.120. The Morgan fingerprint density at radius 3 is 2.74 bits per heavy atom. The molecule has 0 bridgehead atoms. The number of amides is 1. The summed E-state index contributed by atoms with van der Waals surface area (Å²) in [5, 5.41) is 15.9. The summed E-state index contributed by atoms with van der Waals surface area (Å²) in [4.78, 5) is 16.5. The van der Waals surface area contributed by atoms with Crippen molar-refractivity contribution in [3.63, 3.8) is 0 Å². The first kappa shape index (κ1) is 12.9. The van der Waals surface area contributed by atoms with Gasteiger partial charge in [-0.3, -0.25) is 4.79 Å². The lowest BCUT2D eigenvalue weighted by molar-refractivity contribution is -0.133. The van der Waals surface area contributed by atoms with Crippen LogP contribution >= 0.6 is 11.3 Å². The Morgan fingerprint density at radius 1 is 1.37 bits per heavy atom. The van der Waals surface area contributed by atoms with Crippen molar-refractivity contribution in [1.82, 2.24) is 10.2 Å². The SMILES string of the molecule is O=C(C1CC(O)CN1)N1CCN(c2cccs2)CC1. The van der Waals surface area contributed by atoms with E-state index in [9.17, 15) is 9.90 Å². The Bertz CT molecular complexity index is 429. The fourth-order valence-electron chi connectivity index (χ4n) is 2.72. The number of hydrogen-bond donors (Lipinski definition) is 2. The highest BCUT2D eigenvalue weighted by molar-refractivity contribution is 7.14. The molecular weight excluding hydrogens is 262 g/mol. The summed E-state index contributed by atoms with van der Waals surface area (Å²) in [6.45, 7) is 3.85. The third-order valence-electron chi connectivity index (χ3n) is 3.81. The molecule has 2 unspecified atom stereocenters. The number of rotatable bonds is 2. The van der Waals surface area contributed by atoms with Gasteiger partial charge in [0, 0.05) is 32.7 Å². The second kappa shape index (κ2) is 5.48. The summed E-state index contributed by atoms with van der Waals surface area (Å²) >= 11 is 1.74. The molecule has 5 nitrogen and oxygen atoms in total. The van der Waals surface area contributed by atoms with Gasteiger partial charge in [0.1, 0.15) is 0 Å². The summed E-state index contributed by atoms with van der Waals surface area (Å²) in [6, 6.07) is 3.99. The molecule has 2 saturated heterocycles. The van der Waals surface area contributed by atoms with Gasteiger partial charge >= 0.3 is 0 Å². The Hall–Kier alpha value is -1.11. The molecule has 6 heteroatoms. The van der Waals surface area contributed by atoms with Crippen molar-refractivity contribution in [2.24, 2.45) is 0 Å². The number of piperazine rings is 1. The minimum absolute atomic E-state index is 0.141. The summed E-state index contributed by atoms with van der Waals surface area (Å²) in [7, 11) is 0. The zero-order valence-electron chi connectivity index (χ0n) is 10.8. The molecule has 2 atom stereocenters. The van der Waals surface area contributed by atoms with Crippen LogP contribution in [0.15, 0.2) is 17.5 Å². The topological polar surface area (TPSA) is 55.8 Å². The van der Waals surface area contributed by atoms with Gasteiger partial charge in [-0.2, -0.15) is 0 Å². The van der Waals surface area contributed by atoms with Gasteiger partial charge in [0.15, 0.2) is 0 Å². The fourth-order valence-corrected chi connectivity index (χ4v) is 3.51. The minimum atomic E-state index is -0.374.